The van der Waals surface area contributed by atoms with E-state index in [4.69, 9.17) is 4.74 Å². The van der Waals surface area contributed by atoms with Crippen LogP contribution in [0, 0.1) is 5.92 Å². The average molecular weight is 396 g/mol. The summed E-state index contributed by atoms with van der Waals surface area (Å²) in [5.41, 5.74) is 1.14. The highest BCUT2D eigenvalue weighted by Gasteiger charge is 2.29. The summed E-state index contributed by atoms with van der Waals surface area (Å²) in [5, 5.41) is 3.25. The Labute approximate surface area is 167 Å². The van der Waals surface area contributed by atoms with Crippen molar-refractivity contribution in [2.45, 2.75) is 25.7 Å². The first-order valence-electron chi connectivity index (χ1n) is 9.57. The van der Waals surface area contributed by atoms with Crippen molar-refractivity contribution in [3.8, 4) is 5.75 Å². The largest absolute Gasteiger partial charge is 0.497 e. The van der Waals surface area contributed by atoms with Crippen molar-refractivity contribution in [2.24, 2.45) is 5.92 Å². The van der Waals surface area contributed by atoms with E-state index in [1.165, 1.54) is 0 Å². The van der Waals surface area contributed by atoms with Crippen LogP contribution in [-0.2, 0) is 16.0 Å². The van der Waals surface area contributed by atoms with Gasteiger partial charge >= 0.3 is 0 Å². The predicted octanol–water partition coefficient (Wildman–Crippen LogP) is 1.72. The van der Waals surface area contributed by atoms with E-state index in [0.29, 0.717) is 19.5 Å². The minimum absolute atomic E-state index is 0. The van der Waals surface area contributed by atoms with Crippen molar-refractivity contribution in [3.05, 3.63) is 29.8 Å². The van der Waals surface area contributed by atoms with Gasteiger partial charge in [-0.3, -0.25) is 9.59 Å². The molecule has 2 heterocycles. The van der Waals surface area contributed by atoms with E-state index in [-0.39, 0.29) is 30.1 Å². The van der Waals surface area contributed by atoms with E-state index >= 15 is 0 Å². The summed E-state index contributed by atoms with van der Waals surface area (Å²) in [6.07, 6.45) is 3.03. The summed E-state index contributed by atoms with van der Waals surface area (Å²) in [4.78, 5) is 29.0. The fraction of sp³-hybridized carbons (Fsp3) is 0.600. The van der Waals surface area contributed by atoms with Crippen molar-refractivity contribution < 1.29 is 14.3 Å². The number of hydrogen-bond donors (Lipinski definition) is 1. The topological polar surface area (TPSA) is 61.9 Å². The Morgan fingerprint density at radius 1 is 1.11 bits per heavy atom. The van der Waals surface area contributed by atoms with E-state index in [0.717, 1.165) is 56.8 Å². The van der Waals surface area contributed by atoms with Crippen LogP contribution in [0.3, 0.4) is 0 Å². The molecular weight excluding hydrogens is 366 g/mol. The smallest absolute Gasteiger partial charge is 0.227 e. The number of aryl methyl sites for hydroxylation is 1. The maximum Gasteiger partial charge on any atom is 0.227 e. The van der Waals surface area contributed by atoms with Gasteiger partial charge in [0.2, 0.25) is 11.8 Å². The van der Waals surface area contributed by atoms with Gasteiger partial charge in [-0.05, 0) is 43.5 Å². The molecule has 2 saturated heterocycles. The van der Waals surface area contributed by atoms with Crippen molar-refractivity contribution in [1.29, 1.82) is 0 Å². The van der Waals surface area contributed by atoms with Crippen molar-refractivity contribution >= 4 is 24.2 Å². The monoisotopic (exact) mass is 395 g/mol. The normalized spacial score (nSPS) is 20.0. The third-order valence-electron chi connectivity index (χ3n) is 5.36. The molecular formula is C20H30ClN3O3. The van der Waals surface area contributed by atoms with Crippen molar-refractivity contribution in [3.63, 3.8) is 0 Å². The molecule has 1 aromatic rings. The number of amides is 2. The summed E-state index contributed by atoms with van der Waals surface area (Å²) < 4.78 is 5.16. The maximum atomic E-state index is 12.6. The lowest BCUT2D eigenvalue weighted by molar-refractivity contribution is -0.136. The van der Waals surface area contributed by atoms with Crippen LogP contribution in [0.5, 0.6) is 5.75 Å². The molecule has 2 amide bonds. The number of carbonyl (C=O) groups excluding carboxylic acids is 2. The highest BCUT2D eigenvalue weighted by atomic mass is 35.5. The molecule has 1 atom stereocenters. The maximum absolute atomic E-state index is 12.6. The summed E-state index contributed by atoms with van der Waals surface area (Å²) >= 11 is 0. The molecule has 150 valence electrons. The Hall–Kier alpha value is -1.79. The van der Waals surface area contributed by atoms with E-state index < -0.39 is 0 Å². The minimum atomic E-state index is 0. The molecule has 1 unspecified atom stereocenters. The van der Waals surface area contributed by atoms with Crippen LogP contribution < -0.4 is 10.1 Å². The first-order chi connectivity index (χ1) is 12.7. The highest BCUT2D eigenvalue weighted by molar-refractivity contribution is 5.85. The number of nitrogens with zero attached hydrogens (tertiary/aromatic N) is 2. The van der Waals surface area contributed by atoms with E-state index in [1.807, 2.05) is 34.1 Å². The van der Waals surface area contributed by atoms with E-state index in [9.17, 15) is 9.59 Å². The Kier molecular flexibility index (Phi) is 8.38. The van der Waals surface area contributed by atoms with Crippen molar-refractivity contribution in [2.75, 3.05) is 46.4 Å². The van der Waals surface area contributed by atoms with Crippen LogP contribution in [0.25, 0.3) is 0 Å². The molecule has 2 fully saturated rings. The first-order valence-corrected chi connectivity index (χ1v) is 9.57. The Bertz CT molecular complexity index is 617. The fourth-order valence-corrected chi connectivity index (χ4v) is 3.71. The Balaban J connectivity index is 0.00000261. The van der Waals surface area contributed by atoms with Gasteiger partial charge in [-0.25, -0.2) is 0 Å². The van der Waals surface area contributed by atoms with Gasteiger partial charge in [-0.15, -0.1) is 12.4 Å². The van der Waals surface area contributed by atoms with Crippen LogP contribution in [0.4, 0.5) is 0 Å². The van der Waals surface area contributed by atoms with Gasteiger partial charge in [0.1, 0.15) is 5.75 Å². The number of carbonyl (C=O) groups is 2. The SMILES string of the molecule is COc1ccc(CCC(=O)N2CCCN(C(=O)C3CCNC3)CC2)cc1.Cl. The van der Waals surface area contributed by atoms with Gasteiger partial charge < -0.3 is 19.9 Å². The van der Waals surface area contributed by atoms with Crippen molar-refractivity contribution in [1.82, 2.24) is 15.1 Å². The van der Waals surface area contributed by atoms with E-state index in [2.05, 4.69) is 5.32 Å². The summed E-state index contributed by atoms with van der Waals surface area (Å²) in [7, 11) is 1.65. The molecule has 7 heteroatoms. The Morgan fingerprint density at radius 3 is 2.48 bits per heavy atom. The van der Waals surface area contributed by atoms with Crippen LogP contribution in [0.15, 0.2) is 24.3 Å². The van der Waals surface area contributed by atoms with Crippen LogP contribution >= 0.6 is 12.4 Å². The quantitative estimate of drug-likeness (QED) is 0.824. The van der Waals surface area contributed by atoms with Gasteiger partial charge in [0.25, 0.3) is 0 Å². The molecule has 6 nitrogen and oxygen atoms in total. The molecule has 0 aromatic heterocycles. The lowest BCUT2D eigenvalue weighted by Gasteiger charge is -2.24. The summed E-state index contributed by atoms with van der Waals surface area (Å²) in [5.74, 6) is 1.38. The third-order valence-corrected chi connectivity index (χ3v) is 5.36. The second-order valence-corrected chi connectivity index (χ2v) is 7.10. The lowest BCUT2D eigenvalue weighted by Crippen LogP contribution is -2.40. The molecule has 3 rings (SSSR count). The molecule has 0 radical (unpaired) electrons. The molecule has 1 N–H and O–H groups in total. The van der Waals surface area contributed by atoms with Crippen LogP contribution in [0.2, 0.25) is 0 Å². The average Bonchev–Trinajstić information content (AvgIpc) is 3.10. The molecule has 2 aliphatic rings. The standard InChI is InChI=1S/C20H29N3O3.ClH/c1-26-18-6-3-16(4-7-18)5-8-19(24)22-11-2-12-23(14-13-22)20(25)17-9-10-21-15-17;/h3-4,6-7,17,21H,2,5,8-15H2,1H3;1H. The summed E-state index contributed by atoms with van der Waals surface area (Å²) in [6.45, 7) is 4.53. The highest BCUT2D eigenvalue weighted by Crippen LogP contribution is 2.16. The van der Waals surface area contributed by atoms with Gasteiger partial charge in [-0.2, -0.15) is 0 Å². The molecule has 0 bridgehead atoms. The minimum Gasteiger partial charge on any atom is -0.497 e. The van der Waals surface area contributed by atoms with Gasteiger partial charge in [-0.1, -0.05) is 12.1 Å². The lowest BCUT2D eigenvalue weighted by atomic mass is 10.1. The number of rotatable bonds is 5. The third kappa shape index (κ3) is 5.84. The van der Waals surface area contributed by atoms with Gasteiger partial charge in [0.15, 0.2) is 0 Å². The molecule has 2 aliphatic heterocycles. The number of methoxy groups -OCH3 is 1. The van der Waals surface area contributed by atoms with E-state index in [1.54, 1.807) is 7.11 Å². The molecule has 0 aliphatic carbocycles. The zero-order chi connectivity index (χ0) is 18.4. The molecule has 0 spiro atoms. The summed E-state index contributed by atoms with van der Waals surface area (Å²) in [6, 6.07) is 7.86. The van der Waals surface area contributed by atoms with Gasteiger partial charge in [0.05, 0.1) is 13.0 Å². The van der Waals surface area contributed by atoms with Crippen LogP contribution in [0.1, 0.15) is 24.8 Å². The number of benzene rings is 1. The number of halogens is 1. The number of nitrogens with one attached hydrogen (secondary N) is 1. The Morgan fingerprint density at radius 2 is 1.81 bits per heavy atom. The zero-order valence-corrected chi connectivity index (χ0v) is 16.8. The second kappa shape index (κ2) is 10.5. The van der Waals surface area contributed by atoms with Crippen LogP contribution in [-0.4, -0.2) is 68.0 Å². The first kappa shape index (κ1) is 21.5. The zero-order valence-electron chi connectivity index (χ0n) is 16.0. The fourth-order valence-electron chi connectivity index (χ4n) is 3.71. The van der Waals surface area contributed by atoms with Gasteiger partial charge in [0, 0.05) is 39.1 Å². The molecule has 27 heavy (non-hydrogen) atoms. The number of hydrogen-bond acceptors (Lipinski definition) is 4. The number of ether oxygens (including phenoxy) is 1. The second-order valence-electron chi connectivity index (χ2n) is 7.10. The molecule has 0 saturated carbocycles. The predicted molar refractivity (Wildman–Crippen MR) is 107 cm³/mol. The molecule has 1 aromatic carbocycles.